The normalized spacial score (nSPS) is 10.8. The number of hydrogen-bond acceptors (Lipinski definition) is 6. The number of carbonyl (C=O) groups is 2. The molecule has 1 heterocycles. The number of aromatic nitrogens is 2. The maximum Gasteiger partial charge on any atom is 0.490 e. The number of hydrogen-bond donors (Lipinski definition) is 4. The molecular formula is C31H26F3N5O3. The second-order valence-electron chi connectivity index (χ2n) is 8.91. The van der Waals surface area contributed by atoms with Crippen LogP contribution in [0.5, 0.6) is 0 Å². The molecule has 42 heavy (non-hydrogen) atoms. The highest BCUT2D eigenvalue weighted by Gasteiger charge is 2.38. The number of aliphatic carboxylic acids is 1. The zero-order valence-corrected chi connectivity index (χ0v) is 22.3. The Morgan fingerprint density at radius 1 is 0.786 bits per heavy atom. The Labute approximate surface area is 239 Å². The zero-order chi connectivity index (χ0) is 30.1. The van der Waals surface area contributed by atoms with Gasteiger partial charge in [-0.3, -0.25) is 4.79 Å². The second kappa shape index (κ2) is 13.3. The van der Waals surface area contributed by atoms with E-state index in [1.165, 1.54) is 0 Å². The van der Waals surface area contributed by atoms with Gasteiger partial charge in [-0.1, -0.05) is 66.7 Å². The molecule has 0 unspecified atom stereocenters. The van der Waals surface area contributed by atoms with Crippen LogP contribution in [-0.2, 0) is 11.3 Å². The number of para-hydroxylation sites is 1. The van der Waals surface area contributed by atoms with Crippen molar-refractivity contribution in [1.82, 2.24) is 9.97 Å². The number of carboxylic acids is 1. The summed E-state index contributed by atoms with van der Waals surface area (Å²) in [7, 11) is 1.85. The number of amides is 1. The van der Waals surface area contributed by atoms with Crippen molar-refractivity contribution in [3.63, 3.8) is 0 Å². The maximum absolute atomic E-state index is 12.7. The number of benzene rings is 4. The van der Waals surface area contributed by atoms with Crippen molar-refractivity contribution in [2.75, 3.05) is 23.0 Å². The number of carbonyl (C=O) groups excluding carboxylic acids is 1. The van der Waals surface area contributed by atoms with Gasteiger partial charge in [0.1, 0.15) is 5.82 Å². The largest absolute Gasteiger partial charge is 0.490 e. The van der Waals surface area contributed by atoms with Gasteiger partial charge in [0.15, 0.2) is 0 Å². The van der Waals surface area contributed by atoms with Crippen LogP contribution in [-0.4, -0.2) is 40.2 Å². The van der Waals surface area contributed by atoms with Crippen LogP contribution < -0.4 is 16.0 Å². The summed E-state index contributed by atoms with van der Waals surface area (Å²) < 4.78 is 31.7. The number of nitrogens with one attached hydrogen (secondary N) is 3. The van der Waals surface area contributed by atoms with Crippen molar-refractivity contribution < 1.29 is 27.9 Å². The summed E-state index contributed by atoms with van der Waals surface area (Å²) in [4.78, 5) is 30.7. The number of alkyl halides is 3. The van der Waals surface area contributed by atoms with Crippen LogP contribution >= 0.6 is 0 Å². The van der Waals surface area contributed by atoms with E-state index in [0.717, 1.165) is 39.1 Å². The van der Waals surface area contributed by atoms with Gasteiger partial charge in [0, 0.05) is 30.2 Å². The van der Waals surface area contributed by atoms with E-state index in [-0.39, 0.29) is 5.91 Å². The molecule has 11 heteroatoms. The monoisotopic (exact) mass is 573 g/mol. The van der Waals surface area contributed by atoms with Gasteiger partial charge in [-0.15, -0.1) is 0 Å². The number of carboxylic acid groups (broad SMARTS) is 1. The molecule has 0 aliphatic rings. The molecule has 0 aliphatic carbocycles. The summed E-state index contributed by atoms with van der Waals surface area (Å²) in [5.74, 6) is -1.55. The molecule has 0 aliphatic heterocycles. The first-order valence-corrected chi connectivity index (χ1v) is 12.7. The first-order valence-electron chi connectivity index (χ1n) is 12.7. The molecule has 5 rings (SSSR count). The van der Waals surface area contributed by atoms with Gasteiger partial charge in [-0.05, 0) is 53.1 Å². The lowest BCUT2D eigenvalue weighted by Gasteiger charge is -2.10. The Hall–Kier alpha value is -5.45. The Kier molecular flexibility index (Phi) is 9.33. The molecular weight excluding hydrogens is 547 g/mol. The fourth-order valence-electron chi connectivity index (χ4n) is 3.88. The third kappa shape index (κ3) is 7.81. The molecule has 5 aromatic rings. The Balaban J connectivity index is 0.000000517. The molecule has 4 aromatic carbocycles. The molecule has 0 fully saturated rings. The van der Waals surface area contributed by atoms with Crippen molar-refractivity contribution in [2.45, 2.75) is 12.7 Å². The third-order valence-corrected chi connectivity index (χ3v) is 6.00. The zero-order valence-electron chi connectivity index (χ0n) is 22.3. The molecule has 0 saturated heterocycles. The fourth-order valence-corrected chi connectivity index (χ4v) is 3.88. The van der Waals surface area contributed by atoms with E-state index in [2.05, 4.69) is 38.1 Å². The molecule has 8 nitrogen and oxygen atoms in total. The minimum absolute atomic E-state index is 0.139. The van der Waals surface area contributed by atoms with Gasteiger partial charge in [0.05, 0.1) is 5.52 Å². The average molecular weight is 574 g/mol. The summed E-state index contributed by atoms with van der Waals surface area (Å²) >= 11 is 0. The average Bonchev–Trinajstić information content (AvgIpc) is 3.00. The number of fused-ring (bicyclic) bond motifs is 1. The van der Waals surface area contributed by atoms with Gasteiger partial charge in [-0.2, -0.15) is 18.2 Å². The minimum Gasteiger partial charge on any atom is -0.475 e. The molecule has 0 radical (unpaired) electrons. The van der Waals surface area contributed by atoms with Gasteiger partial charge in [0.2, 0.25) is 5.95 Å². The Morgan fingerprint density at radius 3 is 2.00 bits per heavy atom. The summed E-state index contributed by atoms with van der Waals surface area (Å²) in [5.41, 5.74) is 5.49. The van der Waals surface area contributed by atoms with E-state index in [1.807, 2.05) is 98.0 Å². The SMILES string of the molecule is CNc1nc(NCc2ccc(NC(=O)c3ccc(-c4ccccc4)cc3)cc2)nc2ccccc12.O=C(O)C(F)(F)F. The van der Waals surface area contributed by atoms with Crippen LogP contribution in [0.1, 0.15) is 15.9 Å². The van der Waals surface area contributed by atoms with Crippen LogP contribution in [0.2, 0.25) is 0 Å². The number of halogens is 3. The van der Waals surface area contributed by atoms with Gasteiger partial charge >= 0.3 is 12.1 Å². The topological polar surface area (TPSA) is 116 Å². The quantitative estimate of drug-likeness (QED) is 0.169. The first-order chi connectivity index (χ1) is 20.1. The van der Waals surface area contributed by atoms with Crippen molar-refractivity contribution >= 4 is 40.2 Å². The van der Waals surface area contributed by atoms with E-state index < -0.39 is 12.1 Å². The molecule has 0 atom stereocenters. The van der Waals surface area contributed by atoms with Crippen LogP contribution in [0.15, 0.2) is 103 Å². The number of anilines is 3. The van der Waals surface area contributed by atoms with Crippen LogP contribution in [0.4, 0.5) is 30.6 Å². The first kappa shape index (κ1) is 29.5. The van der Waals surface area contributed by atoms with E-state index in [0.29, 0.717) is 18.1 Å². The van der Waals surface area contributed by atoms with Crippen molar-refractivity contribution in [2.24, 2.45) is 0 Å². The molecule has 0 spiro atoms. The Morgan fingerprint density at radius 2 is 1.38 bits per heavy atom. The van der Waals surface area contributed by atoms with Crippen molar-refractivity contribution in [3.05, 3.63) is 114 Å². The molecule has 4 N–H and O–H groups in total. The van der Waals surface area contributed by atoms with E-state index in [9.17, 15) is 18.0 Å². The van der Waals surface area contributed by atoms with E-state index >= 15 is 0 Å². The molecule has 0 bridgehead atoms. The minimum atomic E-state index is -5.08. The molecule has 1 aromatic heterocycles. The van der Waals surface area contributed by atoms with Gasteiger partial charge in [0.25, 0.3) is 5.91 Å². The smallest absolute Gasteiger partial charge is 0.475 e. The summed E-state index contributed by atoms with van der Waals surface area (Å²) in [5, 5.41) is 17.5. The predicted molar refractivity (Wildman–Crippen MR) is 156 cm³/mol. The molecule has 1 amide bonds. The Bertz CT molecular complexity index is 1660. The fraction of sp³-hybridized carbons (Fsp3) is 0.0968. The highest BCUT2D eigenvalue weighted by atomic mass is 19.4. The van der Waals surface area contributed by atoms with Gasteiger partial charge in [-0.25, -0.2) is 9.78 Å². The number of rotatable bonds is 7. The number of nitrogens with zero attached hydrogens (tertiary/aromatic N) is 2. The standard InChI is InChI=1S/C29H25N5O.C2HF3O2/c1-30-27-25-9-5-6-10-26(25)33-29(34-27)31-19-20-11-17-24(18-12-20)32-28(35)23-15-13-22(14-16-23)21-7-3-2-4-8-21;3-2(4,5)1(6)7/h2-18H,19H2,1H3,(H,32,35)(H2,30,31,33,34);(H,6,7). The third-order valence-electron chi connectivity index (χ3n) is 6.00. The van der Waals surface area contributed by atoms with Crippen molar-refractivity contribution in [3.8, 4) is 11.1 Å². The highest BCUT2D eigenvalue weighted by molar-refractivity contribution is 6.04. The second-order valence-corrected chi connectivity index (χ2v) is 8.91. The summed E-state index contributed by atoms with van der Waals surface area (Å²) in [6.07, 6.45) is -5.08. The molecule has 214 valence electrons. The van der Waals surface area contributed by atoms with Crippen molar-refractivity contribution in [1.29, 1.82) is 0 Å². The van der Waals surface area contributed by atoms with Crippen LogP contribution in [0.3, 0.4) is 0 Å². The van der Waals surface area contributed by atoms with Crippen LogP contribution in [0.25, 0.3) is 22.0 Å². The van der Waals surface area contributed by atoms with Crippen LogP contribution in [0, 0.1) is 0 Å². The highest BCUT2D eigenvalue weighted by Crippen LogP contribution is 2.22. The maximum atomic E-state index is 12.7. The predicted octanol–water partition coefficient (Wildman–Crippen LogP) is 6.84. The van der Waals surface area contributed by atoms with E-state index in [1.54, 1.807) is 0 Å². The lowest BCUT2D eigenvalue weighted by Crippen LogP contribution is -2.21. The summed E-state index contributed by atoms with van der Waals surface area (Å²) in [6.45, 7) is 0.566. The lowest BCUT2D eigenvalue weighted by atomic mass is 10.0. The summed E-state index contributed by atoms with van der Waals surface area (Å²) in [6, 6.07) is 33.4. The van der Waals surface area contributed by atoms with Gasteiger partial charge < -0.3 is 21.1 Å². The van der Waals surface area contributed by atoms with E-state index in [4.69, 9.17) is 9.90 Å². The molecule has 0 saturated carbocycles. The lowest BCUT2D eigenvalue weighted by molar-refractivity contribution is -0.192.